The summed E-state index contributed by atoms with van der Waals surface area (Å²) in [5, 5.41) is 20.7. The van der Waals surface area contributed by atoms with Crippen molar-refractivity contribution in [3.63, 3.8) is 0 Å². The van der Waals surface area contributed by atoms with Crippen molar-refractivity contribution in [2.45, 2.75) is 12.5 Å². The number of nitrogens with zero attached hydrogens (tertiary/aromatic N) is 4. The molecule has 2 heterocycles. The van der Waals surface area contributed by atoms with Crippen molar-refractivity contribution < 1.29 is 14.6 Å². The van der Waals surface area contributed by atoms with E-state index >= 15 is 0 Å². The zero-order valence-corrected chi connectivity index (χ0v) is 10.3. The van der Waals surface area contributed by atoms with Crippen LogP contribution in [0.5, 0.6) is 5.88 Å². The lowest BCUT2D eigenvalue weighted by Gasteiger charge is -2.14. The standard InChI is InChI=1S/C11H13N5O3/c1-19-9-7(4-12)5-13-10(15-9)14-8-2-3-16(6-8)11(17)18/h5,8H,2-3,6H2,1H3,(H,17,18)(H,13,14,15). The van der Waals surface area contributed by atoms with Gasteiger partial charge in [0.15, 0.2) is 0 Å². The van der Waals surface area contributed by atoms with E-state index in [2.05, 4.69) is 15.3 Å². The largest absolute Gasteiger partial charge is 0.480 e. The maximum absolute atomic E-state index is 10.8. The molecule has 1 aliphatic rings. The van der Waals surface area contributed by atoms with Crippen LogP contribution < -0.4 is 10.1 Å². The summed E-state index contributed by atoms with van der Waals surface area (Å²) < 4.78 is 4.98. The van der Waals surface area contributed by atoms with Crippen LogP contribution in [-0.2, 0) is 0 Å². The van der Waals surface area contributed by atoms with Crippen LogP contribution in [0.4, 0.5) is 10.7 Å². The summed E-state index contributed by atoms with van der Waals surface area (Å²) in [6, 6.07) is 1.89. The van der Waals surface area contributed by atoms with E-state index in [1.165, 1.54) is 18.2 Å². The Morgan fingerprint density at radius 1 is 1.74 bits per heavy atom. The number of hydrogen-bond acceptors (Lipinski definition) is 6. The first kappa shape index (κ1) is 12.9. The lowest BCUT2D eigenvalue weighted by Crippen LogP contribution is -2.30. The minimum absolute atomic E-state index is 0.0336. The molecule has 100 valence electrons. The van der Waals surface area contributed by atoms with Gasteiger partial charge in [-0.25, -0.2) is 9.78 Å². The van der Waals surface area contributed by atoms with Crippen LogP contribution in [0.25, 0.3) is 0 Å². The molecule has 8 heteroatoms. The molecule has 2 N–H and O–H groups in total. The van der Waals surface area contributed by atoms with E-state index in [-0.39, 0.29) is 17.5 Å². The highest BCUT2D eigenvalue weighted by Crippen LogP contribution is 2.17. The van der Waals surface area contributed by atoms with Crippen molar-refractivity contribution in [2.24, 2.45) is 0 Å². The minimum Gasteiger partial charge on any atom is -0.480 e. The molecule has 1 aromatic heterocycles. The van der Waals surface area contributed by atoms with E-state index in [0.717, 1.165) is 0 Å². The van der Waals surface area contributed by atoms with Crippen molar-refractivity contribution in [1.82, 2.24) is 14.9 Å². The molecule has 0 spiro atoms. The normalized spacial score (nSPS) is 17.9. The third-order valence-corrected chi connectivity index (χ3v) is 2.86. The Bertz CT molecular complexity index is 528. The lowest BCUT2D eigenvalue weighted by atomic mass is 10.3. The Kier molecular flexibility index (Phi) is 3.66. The summed E-state index contributed by atoms with van der Waals surface area (Å²) >= 11 is 0. The van der Waals surface area contributed by atoms with Crippen molar-refractivity contribution in [2.75, 3.05) is 25.5 Å². The molecule has 0 aliphatic carbocycles. The molecule has 2 rings (SSSR count). The molecule has 8 nitrogen and oxygen atoms in total. The monoisotopic (exact) mass is 263 g/mol. The van der Waals surface area contributed by atoms with Gasteiger partial charge >= 0.3 is 6.09 Å². The van der Waals surface area contributed by atoms with Crippen molar-refractivity contribution in [3.8, 4) is 11.9 Å². The van der Waals surface area contributed by atoms with Crippen molar-refractivity contribution >= 4 is 12.0 Å². The Labute approximate surface area is 109 Å². The van der Waals surface area contributed by atoms with Crippen LogP contribution in [0.15, 0.2) is 6.20 Å². The second kappa shape index (κ2) is 5.39. The smallest absolute Gasteiger partial charge is 0.407 e. The second-order valence-electron chi connectivity index (χ2n) is 4.09. The summed E-state index contributed by atoms with van der Waals surface area (Å²) in [6.07, 6.45) is 1.14. The minimum atomic E-state index is -0.928. The molecule has 0 saturated carbocycles. The maximum atomic E-state index is 10.8. The van der Waals surface area contributed by atoms with Crippen molar-refractivity contribution in [1.29, 1.82) is 5.26 Å². The third kappa shape index (κ3) is 2.82. The van der Waals surface area contributed by atoms with Crippen LogP contribution in [-0.4, -0.2) is 52.3 Å². The quantitative estimate of drug-likeness (QED) is 0.817. The molecule has 0 bridgehead atoms. The third-order valence-electron chi connectivity index (χ3n) is 2.86. The van der Waals surface area contributed by atoms with Gasteiger partial charge in [0, 0.05) is 19.1 Å². The van der Waals surface area contributed by atoms with Gasteiger partial charge in [-0.3, -0.25) is 0 Å². The Morgan fingerprint density at radius 3 is 3.11 bits per heavy atom. The summed E-state index contributed by atoms with van der Waals surface area (Å²) in [4.78, 5) is 20.2. The van der Waals surface area contributed by atoms with Crippen LogP contribution in [0.2, 0.25) is 0 Å². The van der Waals surface area contributed by atoms with Crippen LogP contribution >= 0.6 is 0 Å². The second-order valence-corrected chi connectivity index (χ2v) is 4.09. The van der Waals surface area contributed by atoms with Gasteiger partial charge in [0.05, 0.1) is 13.3 Å². The molecule has 1 amide bonds. The number of rotatable bonds is 3. The summed E-state index contributed by atoms with van der Waals surface area (Å²) in [7, 11) is 1.43. The highest BCUT2D eigenvalue weighted by molar-refractivity contribution is 5.65. The number of methoxy groups -OCH3 is 1. The average molecular weight is 263 g/mol. The highest BCUT2D eigenvalue weighted by atomic mass is 16.5. The Morgan fingerprint density at radius 2 is 2.53 bits per heavy atom. The van der Waals surface area contributed by atoms with Gasteiger partial charge in [0.1, 0.15) is 11.6 Å². The zero-order chi connectivity index (χ0) is 13.8. The fraction of sp³-hybridized carbons (Fsp3) is 0.455. The van der Waals surface area contributed by atoms with E-state index in [0.29, 0.717) is 25.5 Å². The molecule has 0 radical (unpaired) electrons. The maximum Gasteiger partial charge on any atom is 0.407 e. The topological polar surface area (TPSA) is 111 Å². The first-order chi connectivity index (χ1) is 9.13. The van der Waals surface area contributed by atoms with E-state index in [4.69, 9.17) is 15.1 Å². The number of carbonyl (C=O) groups is 1. The molecule has 1 atom stereocenters. The fourth-order valence-electron chi connectivity index (χ4n) is 1.90. The lowest BCUT2D eigenvalue weighted by molar-refractivity contribution is 0.155. The molecule has 1 fully saturated rings. The van der Waals surface area contributed by atoms with Gasteiger partial charge in [0.2, 0.25) is 11.8 Å². The SMILES string of the molecule is COc1nc(NC2CCN(C(=O)O)C2)ncc1C#N. The zero-order valence-electron chi connectivity index (χ0n) is 10.3. The predicted octanol–water partition coefficient (Wildman–Crippen LogP) is 0.521. The Balaban J connectivity index is 2.05. The van der Waals surface area contributed by atoms with E-state index in [1.807, 2.05) is 6.07 Å². The summed E-state index contributed by atoms with van der Waals surface area (Å²) in [5.74, 6) is 0.529. The average Bonchev–Trinajstić information content (AvgIpc) is 2.87. The van der Waals surface area contributed by atoms with E-state index in [1.54, 1.807) is 0 Å². The number of anilines is 1. The number of carboxylic acid groups (broad SMARTS) is 1. The van der Waals surface area contributed by atoms with Gasteiger partial charge in [0.25, 0.3) is 0 Å². The number of amides is 1. The van der Waals surface area contributed by atoms with Crippen LogP contribution in [0.1, 0.15) is 12.0 Å². The molecule has 0 aromatic carbocycles. The summed E-state index contributed by atoms with van der Waals surface area (Å²) in [5.41, 5.74) is 0.256. The molecule has 1 aromatic rings. The van der Waals surface area contributed by atoms with Gasteiger partial charge in [-0.15, -0.1) is 0 Å². The van der Waals surface area contributed by atoms with Gasteiger partial charge in [-0.1, -0.05) is 0 Å². The molecule has 1 unspecified atom stereocenters. The van der Waals surface area contributed by atoms with Gasteiger partial charge < -0.3 is 20.1 Å². The predicted molar refractivity (Wildman–Crippen MR) is 64.9 cm³/mol. The number of nitriles is 1. The number of aromatic nitrogens is 2. The molecular weight excluding hydrogens is 250 g/mol. The number of ether oxygens (including phenoxy) is 1. The first-order valence-corrected chi connectivity index (χ1v) is 5.69. The van der Waals surface area contributed by atoms with Gasteiger partial charge in [-0.05, 0) is 6.42 Å². The van der Waals surface area contributed by atoms with Gasteiger partial charge in [-0.2, -0.15) is 10.2 Å². The molecular formula is C11H13N5O3. The molecule has 1 aliphatic heterocycles. The number of likely N-dealkylation sites (tertiary alicyclic amines) is 1. The van der Waals surface area contributed by atoms with E-state index < -0.39 is 6.09 Å². The molecule has 19 heavy (non-hydrogen) atoms. The number of hydrogen-bond donors (Lipinski definition) is 2. The fourth-order valence-corrected chi connectivity index (χ4v) is 1.90. The highest BCUT2D eigenvalue weighted by Gasteiger charge is 2.26. The van der Waals surface area contributed by atoms with Crippen LogP contribution in [0.3, 0.4) is 0 Å². The van der Waals surface area contributed by atoms with E-state index in [9.17, 15) is 4.79 Å². The number of nitrogens with one attached hydrogen (secondary N) is 1. The summed E-state index contributed by atoms with van der Waals surface area (Å²) in [6.45, 7) is 0.876. The Hall–Kier alpha value is -2.56. The van der Waals surface area contributed by atoms with Crippen molar-refractivity contribution in [3.05, 3.63) is 11.8 Å². The first-order valence-electron chi connectivity index (χ1n) is 5.69. The van der Waals surface area contributed by atoms with Crippen LogP contribution in [0, 0.1) is 11.3 Å². The molecule has 1 saturated heterocycles.